The molecule has 3 amide bonds. The third-order valence-electron chi connectivity index (χ3n) is 6.37. The topological polar surface area (TPSA) is 90.6 Å². The predicted octanol–water partition coefficient (Wildman–Crippen LogP) is 4.61. The lowest BCUT2D eigenvalue weighted by Crippen LogP contribution is -2.42. The number of fused-ring (bicyclic) bond motifs is 1. The molecule has 0 bridgehead atoms. The zero-order chi connectivity index (χ0) is 23.9. The van der Waals surface area contributed by atoms with Gasteiger partial charge in [0.1, 0.15) is 11.6 Å². The van der Waals surface area contributed by atoms with Gasteiger partial charge in [-0.2, -0.15) is 0 Å². The van der Waals surface area contributed by atoms with Gasteiger partial charge >= 0.3 is 6.03 Å². The molecule has 0 aliphatic carbocycles. The number of para-hydroxylation sites is 4. The summed E-state index contributed by atoms with van der Waals surface area (Å²) in [6.07, 6.45) is 2.90. The van der Waals surface area contributed by atoms with E-state index in [-0.39, 0.29) is 11.9 Å². The van der Waals surface area contributed by atoms with Gasteiger partial charge < -0.3 is 24.8 Å². The van der Waals surface area contributed by atoms with E-state index in [1.807, 2.05) is 48.2 Å². The van der Waals surface area contributed by atoms with Gasteiger partial charge in [-0.1, -0.05) is 31.2 Å². The van der Waals surface area contributed by atoms with Gasteiger partial charge in [-0.25, -0.2) is 9.78 Å². The molecule has 1 aliphatic rings. The Morgan fingerprint density at radius 2 is 1.85 bits per heavy atom. The monoisotopic (exact) mass is 463 g/mol. The minimum Gasteiger partial charge on any atom is -0.495 e. The van der Waals surface area contributed by atoms with Gasteiger partial charge in [0.25, 0.3) is 0 Å². The summed E-state index contributed by atoms with van der Waals surface area (Å²) in [5, 5.41) is 2.91. The number of H-pyrrole nitrogens is 1. The summed E-state index contributed by atoms with van der Waals surface area (Å²) in [7, 11) is 1.57. The fraction of sp³-hybridized carbons (Fsp3) is 0.423. The summed E-state index contributed by atoms with van der Waals surface area (Å²) in [6, 6.07) is 15.1. The third-order valence-corrected chi connectivity index (χ3v) is 6.37. The van der Waals surface area contributed by atoms with Crippen molar-refractivity contribution in [2.45, 2.75) is 38.5 Å². The highest BCUT2D eigenvalue weighted by Crippen LogP contribution is 2.28. The fourth-order valence-corrected chi connectivity index (χ4v) is 4.48. The number of nitrogens with one attached hydrogen (secondary N) is 2. The molecule has 0 unspecified atom stereocenters. The number of methoxy groups -OCH3 is 1. The summed E-state index contributed by atoms with van der Waals surface area (Å²) < 4.78 is 5.32. The second-order valence-electron chi connectivity index (χ2n) is 8.66. The Kier molecular flexibility index (Phi) is 7.67. The Morgan fingerprint density at radius 3 is 2.59 bits per heavy atom. The van der Waals surface area contributed by atoms with Crippen LogP contribution in [0.25, 0.3) is 11.0 Å². The maximum atomic E-state index is 12.9. The number of benzene rings is 2. The number of likely N-dealkylation sites (tertiary alicyclic amines) is 1. The van der Waals surface area contributed by atoms with Crippen LogP contribution < -0.4 is 10.1 Å². The highest BCUT2D eigenvalue weighted by Gasteiger charge is 2.26. The van der Waals surface area contributed by atoms with Crippen LogP contribution in [-0.2, 0) is 4.79 Å². The quantitative estimate of drug-likeness (QED) is 0.510. The molecule has 4 rings (SSSR count). The van der Waals surface area contributed by atoms with Crippen molar-refractivity contribution in [2.24, 2.45) is 0 Å². The summed E-state index contributed by atoms with van der Waals surface area (Å²) in [4.78, 5) is 37.5. The molecule has 1 fully saturated rings. The average molecular weight is 464 g/mol. The molecule has 2 heterocycles. The Hall–Kier alpha value is -3.55. The lowest BCUT2D eigenvalue weighted by molar-refractivity contribution is -0.132. The number of hydrogen-bond acceptors (Lipinski definition) is 4. The van der Waals surface area contributed by atoms with E-state index < -0.39 is 0 Å². The number of imidazole rings is 1. The Morgan fingerprint density at radius 1 is 1.12 bits per heavy atom. The standard InChI is InChI=1S/C26H33N5O3/c1-3-15-31(26(33)29-22-10-6-7-11-23(22)34-2)18-14-24(32)30-16-12-19(13-17-30)25-27-20-8-4-5-9-21(20)28-25/h4-11,19H,3,12-18H2,1-2H3,(H,27,28)(H,29,33). The molecule has 1 aromatic heterocycles. The van der Waals surface area contributed by atoms with Crippen molar-refractivity contribution < 1.29 is 14.3 Å². The molecular formula is C26H33N5O3. The molecule has 0 atom stereocenters. The first-order chi connectivity index (χ1) is 16.6. The number of nitrogens with zero attached hydrogens (tertiary/aromatic N) is 3. The van der Waals surface area contributed by atoms with Gasteiger partial charge in [0, 0.05) is 38.5 Å². The molecule has 0 saturated carbocycles. The minimum atomic E-state index is -0.220. The number of hydrogen-bond donors (Lipinski definition) is 2. The highest BCUT2D eigenvalue weighted by molar-refractivity contribution is 5.91. The Balaban J connectivity index is 1.29. The van der Waals surface area contributed by atoms with Crippen molar-refractivity contribution in [3.8, 4) is 5.75 Å². The summed E-state index contributed by atoms with van der Waals surface area (Å²) in [5.41, 5.74) is 2.66. The first-order valence-corrected chi connectivity index (χ1v) is 12.0. The second kappa shape index (κ2) is 11.0. The summed E-state index contributed by atoms with van der Waals surface area (Å²) >= 11 is 0. The van der Waals surface area contributed by atoms with E-state index in [4.69, 9.17) is 9.72 Å². The molecule has 2 N–H and O–H groups in total. The number of urea groups is 1. The molecule has 1 saturated heterocycles. The molecule has 2 aromatic carbocycles. The van der Waals surface area contributed by atoms with E-state index in [2.05, 4.69) is 10.3 Å². The zero-order valence-electron chi connectivity index (χ0n) is 19.9. The van der Waals surface area contributed by atoms with Crippen LogP contribution >= 0.6 is 0 Å². The number of anilines is 1. The van der Waals surface area contributed by atoms with Crippen molar-refractivity contribution in [3.05, 3.63) is 54.4 Å². The van der Waals surface area contributed by atoms with Crippen molar-refractivity contribution in [2.75, 3.05) is 38.6 Å². The molecule has 3 aromatic rings. The molecule has 8 nitrogen and oxygen atoms in total. The van der Waals surface area contributed by atoms with Crippen LogP contribution in [0.5, 0.6) is 5.75 Å². The van der Waals surface area contributed by atoms with Gasteiger partial charge in [-0.15, -0.1) is 0 Å². The summed E-state index contributed by atoms with van der Waals surface area (Å²) in [6.45, 7) is 4.41. The van der Waals surface area contributed by atoms with Crippen molar-refractivity contribution in [3.63, 3.8) is 0 Å². The molecule has 8 heteroatoms. The lowest BCUT2D eigenvalue weighted by atomic mass is 9.96. The average Bonchev–Trinajstić information content (AvgIpc) is 3.31. The van der Waals surface area contributed by atoms with Crippen molar-refractivity contribution in [1.29, 1.82) is 0 Å². The number of aromatic nitrogens is 2. The first kappa shape index (κ1) is 23.6. The normalized spacial score (nSPS) is 14.2. The first-order valence-electron chi connectivity index (χ1n) is 12.0. The third kappa shape index (κ3) is 5.50. The van der Waals surface area contributed by atoms with Crippen LogP contribution in [0.4, 0.5) is 10.5 Å². The summed E-state index contributed by atoms with van der Waals surface area (Å²) in [5.74, 6) is 2.04. The maximum Gasteiger partial charge on any atom is 0.321 e. The number of amides is 3. The van der Waals surface area contributed by atoms with Gasteiger partial charge in [0.05, 0.1) is 23.8 Å². The molecule has 34 heavy (non-hydrogen) atoms. The highest BCUT2D eigenvalue weighted by atomic mass is 16.5. The smallest absolute Gasteiger partial charge is 0.321 e. The number of ether oxygens (including phenoxy) is 1. The van der Waals surface area contributed by atoms with Crippen LogP contribution in [0.3, 0.4) is 0 Å². The van der Waals surface area contributed by atoms with Crippen LogP contribution in [0.2, 0.25) is 0 Å². The van der Waals surface area contributed by atoms with Crippen molar-refractivity contribution >= 4 is 28.7 Å². The SMILES string of the molecule is CCCN(CCC(=O)N1CCC(c2nc3ccccc3[nH]2)CC1)C(=O)Nc1ccccc1OC. The van der Waals surface area contributed by atoms with Crippen molar-refractivity contribution in [1.82, 2.24) is 19.8 Å². The minimum absolute atomic E-state index is 0.0919. The van der Waals surface area contributed by atoms with E-state index in [1.165, 1.54) is 0 Å². The lowest BCUT2D eigenvalue weighted by Gasteiger charge is -2.32. The van der Waals surface area contributed by atoms with E-state index in [1.54, 1.807) is 24.1 Å². The van der Waals surface area contributed by atoms with Gasteiger partial charge in [0.2, 0.25) is 5.91 Å². The number of rotatable bonds is 8. The van der Waals surface area contributed by atoms with E-state index in [9.17, 15) is 9.59 Å². The zero-order valence-corrected chi connectivity index (χ0v) is 19.9. The van der Waals surface area contributed by atoms with E-state index in [0.717, 1.165) is 36.1 Å². The number of carbonyl (C=O) groups is 2. The number of piperidine rings is 1. The van der Waals surface area contributed by atoms with E-state index in [0.29, 0.717) is 50.0 Å². The largest absolute Gasteiger partial charge is 0.495 e. The Labute approximate surface area is 200 Å². The Bertz CT molecular complexity index is 1090. The van der Waals surface area contributed by atoms with Crippen LogP contribution in [0, 0.1) is 0 Å². The number of aromatic amines is 1. The fourth-order valence-electron chi connectivity index (χ4n) is 4.48. The molecule has 1 aliphatic heterocycles. The molecule has 0 radical (unpaired) electrons. The number of carbonyl (C=O) groups excluding carboxylic acids is 2. The van der Waals surface area contributed by atoms with Gasteiger partial charge in [-0.05, 0) is 43.5 Å². The maximum absolute atomic E-state index is 12.9. The second-order valence-corrected chi connectivity index (χ2v) is 8.66. The van der Waals surface area contributed by atoms with Gasteiger partial charge in [-0.3, -0.25) is 4.79 Å². The molecule has 180 valence electrons. The van der Waals surface area contributed by atoms with Crippen LogP contribution in [-0.4, -0.2) is 65.0 Å². The predicted molar refractivity (Wildman–Crippen MR) is 133 cm³/mol. The molecular weight excluding hydrogens is 430 g/mol. The van der Waals surface area contributed by atoms with Crippen LogP contribution in [0.15, 0.2) is 48.5 Å². The van der Waals surface area contributed by atoms with E-state index >= 15 is 0 Å². The molecule has 0 spiro atoms. The van der Waals surface area contributed by atoms with Gasteiger partial charge in [0.15, 0.2) is 0 Å². The van der Waals surface area contributed by atoms with Crippen LogP contribution in [0.1, 0.15) is 44.3 Å².